The molecule has 30 heavy (non-hydrogen) atoms. The quantitative estimate of drug-likeness (QED) is 0.485. The highest BCUT2D eigenvalue weighted by Gasteiger charge is 2.14. The third kappa shape index (κ3) is 5.67. The maximum absolute atomic E-state index is 12.4. The minimum atomic E-state index is -0.132. The Morgan fingerprint density at radius 3 is 2.60 bits per heavy atom. The summed E-state index contributed by atoms with van der Waals surface area (Å²) in [5.74, 6) is 2.26. The number of thioether (sulfide) groups is 1. The molecule has 9 heteroatoms. The van der Waals surface area contributed by atoms with Gasteiger partial charge in [-0.1, -0.05) is 29.4 Å². The molecule has 0 unspecified atom stereocenters. The van der Waals surface area contributed by atoms with Crippen LogP contribution < -0.4 is 14.8 Å². The van der Waals surface area contributed by atoms with Gasteiger partial charge < -0.3 is 19.4 Å². The number of carbonyl (C=O) groups is 1. The molecule has 0 atom stereocenters. The number of carbonyl (C=O) groups excluding carboxylic acids is 1. The van der Waals surface area contributed by atoms with Gasteiger partial charge in [-0.25, -0.2) is 0 Å². The van der Waals surface area contributed by atoms with Crippen molar-refractivity contribution in [2.45, 2.75) is 32.2 Å². The second-order valence-electron chi connectivity index (χ2n) is 6.40. The van der Waals surface area contributed by atoms with Crippen molar-refractivity contribution in [1.82, 2.24) is 14.8 Å². The first-order valence-electron chi connectivity index (χ1n) is 9.38. The van der Waals surface area contributed by atoms with Crippen LogP contribution in [0.1, 0.15) is 18.3 Å². The lowest BCUT2D eigenvalue weighted by atomic mass is 10.2. The highest BCUT2D eigenvalue weighted by molar-refractivity contribution is 7.99. The molecule has 0 bridgehead atoms. The van der Waals surface area contributed by atoms with E-state index in [1.54, 1.807) is 19.2 Å². The normalized spacial score (nSPS) is 10.7. The summed E-state index contributed by atoms with van der Waals surface area (Å²) in [6.45, 7) is 4.87. The standard InChI is InChI=1S/C21H23ClN4O3S/c1-4-26-19(12-29-17-9-7-16(28-3)8-10-17)24-25-21(26)30-13-20(27)23-18-11-15(22)6-5-14(18)2/h5-11H,4,12-13H2,1-3H3,(H,23,27). The number of rotatable bonds is 9. The molecule has 0 aliphatic rings. The fourth-order valence-electron chi connectivity index (χ4n) is 2.72. The van der Waals surface area contributed by atoms with Crippen LogP contribution >= 0.6 is 23.4 Å². The van der Waals surface area contributed by atoms with E-state index in [0.717, 1.165) is 11.3 Å². The lowest BCUT2D eigenvalue weighted by Gasteiger charge is -2.10. The molecule has 0 radical (unpaired) electrons. The van der Waals surface area contributed by atoms with E-state index in [2.05, 4.69) is 15.5 Å². The molecule has 0 saturated carbocycles. The van der Waals surface area contributed by atoms with Crippen LogP contribution in [-0.4, -0.2) is 33.5 Å². The van der Waals surface area contributed by atoms with Gasteiger partial charge >= 0.3 is 0 Å². The number of methoxy groups -OCH3 is 1. The summed E-state index contributed by atoms with van der Waals surface area (Å²) in [6.07, 6.45) is 0. The number of ether oxygens (including phenoxy) is 2. The van der Waals surface area contributed by atoms with E-state index in [9.17, 15) is 4.79 Å². The number of nitrogens with zero attached hydrogens (tertiary/aromatic N) is 3. The van der Waals surface area contributed by atoms with Gasteiger partial charge in [0.15, 0.2) is 11.0 Å². The van der Waals surface area contributed by atoms with E-state index in [-0.39, 0.29) is 18.3 Å². The summed E-state index contributed by atoms with van der Waals surface area (Å²) >= 11 is 7.34. The van der Waals surface area contributed by atoms with Crippen LogP contribution in [0.5, 0.6) is 11.5 Å². The maximum atomic E-state index is 12.4. The van der Waals surface area contributed by atoms with Crippen molar-refractivity contribution in [1.29, 1.82) is 0 Å². The first-order chi connectivity index (χ1) is 14.5. The number of amides is 1. The lowest BCUT2D eigenvalue weighted by Crippen LogP contribution is -2.15. The highest BCUT2D eigenvalue weighted by Crippen LogP contribution is 2.23. The molecule has 3 rings (SSSR count). The van der Waals surface area contributed by atoms with Gasteiger partial charge in [-0.2, -0.15) is 0 Å². The van der Waals surface area contributed by atoms with Crippen molar-refractivity contribution < 1.29 is 14.3 Å². The molecule has 0 aliphatic carbocycles. The van der Waals surface area contributed by atoms with Crippen LogP contribution in [-0.2, 0) is 17.9 Å². The Hall–Kier alpha value is -2.71. The third-order valence-corrected chi connectivity index (χ3v) is 5.54. The van der Waals surface area contributed by atoms with Crippen molar-refractivity contribution in [2.75, 3.05) is 18.2 Å². The molecule has 158 valence electrons. The van der Waals surface area contributed by atoms with Crippen molar-refractivity contribution in [2.24, 2.45) is 0 Å². The van der Waals surface area contributed by atoms with Crippen LogP contribution in [0.25, 0.3) is 0 Å². The van der Waals surface area contributed by atoms with Crippen molar-refractivity contribution in [3.05, 3.63) is 58.9 Å². The number of nitrogens with one attached hydrogen (secondary N) is 1. The van der Waals surface area contributed by atoms with E-state index in [1.807, 2.05) is 48.7 Å². The molecule has 1 heterocycles. The second-order valence-corrected chi connectivity index (χ2v) is 7.78. The van der Waals surface area contributed by atoms with Gasteiger partial charge in [0.2, 0.25) is 5.91 Å². The van der Waals surface area contributed by atoms with Gasteiger partial charge in [-0.3, -0.25) is 4.79 Å². The summed E-state index contributed by atoms with van der Waals surface area (Å²) in [7, 11) is 1.62. The number of hydrogen-bond acceptors (Lipinski definition) is 6. The summed E-state index contributed by atoms with van der Waals surface area (Å²) in [5.41, 5.74) is 1.66. The van der Waals surface area contributed by atoms with Crippen LogP contribution in [0.2, 0.25) is 5.02 Å². The molecule has 1 aromatic heterocycles. The van der Waals surface area contributed by atoms with Crippen LogP contribution in [0.4, 0.5) is 5.69 Å². The second kappa shape index (κ2) is 10.4. The molecular weight excluding hydrogens is 424 g/mol. The number of anilines is 1. The summed E-state index contributed by atoms with van der Waals surface area (Å²) < 4.78 is 12.9. The minimum Gasteiger partial charge on any atom is -0.497 e. The Kier molecular flexibility index (Phi) is 7.59. The van der Waals surface area contributed by atoms with E-state index in [1.165, 1.54) is 11.8 Å². The van der Waals surface area contributed by atoms with Gasteiger partial charge in [0, 0.05) is 17.3 Å². The van der Waals surface area contributed by atoms with E-state index < -0.39 is 0 Å². The SMILES string of the molecule is CCn1c(COc2ccc(OC)cc2)nnc1SCC(=O)Nc1cc(Cl)ccc1C. The Bertz CT molecular complexity index is 1010. The van der Waals surface area contributed by atoms with Crippen LogP contribution in [0, 0.1) is 6.92 Å². The molecule has 7 nitrogen and oxygen atoms in total. The fraction of sp³-hybridized carbons (Fsp3) is 0.286. The number of hydrogen-bond donors (Lipinski definition) is 1. The summed E-state index contributed by atoms with van der Waals surface area (Å²) in [5, 5.41) is 12.6. The van der Waals surface area contributed by atoms with Gasteiger partial charge in [0.05, 0.1) is 12.9 Å². The zero-order valence-electron chi connectivity index (χ0n) is 17.0. The Morgan fingerprint density at radius 2 is 1.90 bits per heavy atom. The Balaban J connectivity index is 1.58. The Morgan fingerprint density at radius 1 is 1.17 bits per heavy atom. The smallest absolute Gasteiger partial charge is 0.234 e. The molecule has 3 aromatic rings. The highest BCUT2D eigenvalue weighted by atomic mass is 35.5. The molecular formula is C21H23ClN4O3S. The van der Waals surface area contributed by atoms with Gasteiger partial charge in [0.25, 0.3) is 0 Å². The predicted octanol–water partition coefficient (Wildman–Crippen LogP) is 4.58. The van der Waals surface area contributed by atoms with E-state index >= 15 is 0 Å². The van der Waals surface area contributed by atoms with Crippen LogP contribution in [0.15, 0.2) is 47.6 Å². The van der Waals surface area contributed by atoms with Crippen molar-refractivity contribution in [3.8, 4) is 11.5 Å². The van der Waals surface area contributed by atoms with E-state index in [0.29, 0.717) is 34.0 Å². The number of halogens is 1. The number of benzene rings is 2. The lowest BCUT2D eigenvalue weighted by molar-refractivity contribution is -0.113. The third-order valence-electron chi connectivity index (χ3n) is 4.34. The monoisotopic (exact) mass is 446 g/mol. The first kappa shape index (κ1) is 22.0. The van der Waals surface area contributed by atoms with Crippen LogP contribution in [0.3, 0.4) is 0 Å². The number of aromatic nitrogens is 3. The number of aryl methyl sites for hydroxylation is 1. The average molecular weight is 447 g/mol. The zero-order valence-corrected chi connectivity index (χ0v) is 18.6. The maximum Gasteiger partial charge on any atom is 0.234 e. The molecule has 1 N–H and O–H groups in total. The van der Waals surface area contributed by atoms with Gasteiger partial charge in [-0.05, 0) is 55.8 Å². The van der Waals surface area contributed by atoms with Gasteiger partial charge in [0.1, 0.15) is 18.1 Å². The topological polar surface area (TPSA) is 78.3 Å². The summed E-state index contributed by atoms with van der Waals surface area (Å²) in [4.78, 5) is 12.4. The first-order valence-corrected chi connectivity index (χ1v) is 10.7. The van der Waals surface area contributed by atoms with E-state index in [4.69, 9.17) is 21.1 Å². The molecule has 0 spiro atoms. The molecule has 0 saturated heterocycles. The Labute approximate surface area is 184 Å². The van der Waals surface area contributed by atoms with Crippen molar-refractivity contribution >= 4 is 35.0 Å². The average Bonchev–Trinajstić information content (AvgIpc) is 3.15. The molecule has 2 aromatic carbocycles. The molecule has 1 amide bonds. The van der Waals surface area contributed by atoms with Gasteiger partial charge in [-0.15, -0.1) is 10.2 Å². The fourth-order valence-corrected chi connectivity index (χ4v) is 3.71. The zero-order chi connectivity index (χ0) is 21.5. The predicted molar refractivity (Wildman–Crippen MR) is 119 cm³/mol. The molecule has 0 fully saturated rings. The molecule has 0 aliphatic heterocycles. The minimum absolute atomic E-state index is 0.132. The summed E-state index contributed by atoms with van der Waals surface area (Å²) in [6, 6.07) is 12.7. The van der Waals surface area contributed by atoms with Crippen molar-refractivity contribution in [3.63, 3.8) is 0 Å². The largest absolute Gasteiger partial charge is 0.497 e.